The quantitative estimate of drug-likeness (QED) is 0.814. The van der Waals surface area contributed by atoms with Gasteiger partial charge in [0.1, 0.15) is 0 Å². The largest absolute Gasteiger partial charge is 0.397 e. The number of thioether (sulfide) groups is 1. The number of nitrogens with two attached hydrogens (primary N) is 1. The van der Waals surface area contributed by atoms with Crippen molar-refractivity contribution in [1.82, 2.24) is 0 Å². The summed E-state index contributed by atoms with van der Waals surface area (Å²) in [6, 6.07) is 5.87. The first-order valence-corrected chi connectivity index (χ1v) is 7.03. The van der Waals surface area contributed by atoms with Crippen molar-refractivity contribution in [3.8, 4) is 0 Å². The minimum atomic E-state index is 0.686. The van der Waals surface area contributed by atoms with Crippen LogP contribution >= 0.6 is 27.7 Å². The predicted octanol–water partition coefficient (Wildman–Crippen LogP) is 3.58. The van der Waals surface area contributed by atoms with Crippen molar-refractivity contribution in [2.75, 3.05) is 23.9 Å². The van der Waals surface area contributed by atoms with Gasteiger partial charge in [-0.1, -0.05) is 22.9 Å². The summed E-state index contributed by atoms with van der Waals surface area (Å²) in [6.07, 6.45) is 3.28. The molecule has 0 amide bonds. The van der Waals surface area contributed by atoms with Gasteiger partial charge in [0.15, 0.2) is 0 Å². The van der Waals surface area contributed by atoms with E-state index in [4.69, 9.17) is 5.73 Å². The van der Waals surface area contributed by atoms with Crippen LogP contribution in [0, 0.1) is 0 Å². The number of nitrogens with one attached hydrogen (secondary N) is 1. The second kappa shape index (κ2) is 6.28. The van der Waals surface area contributed by atoms with Crippen LogP contribution in [-0.2, 0) is 0 Å². The van der Waals surface area contributed by atoms with Gasteiger partial charge in [-0.2, -0.15) is 11.8 Å². The van der Waals surface area contributed by atoms with Crippen LogP contribution in [0.15, 0.2) is 22.7 Å². The fourth-order valence-corrected chi connectivity index (χ4v) is 1.92. The molecule has 0 saturated heterocycles. The maximum Gasteiger partial charge on any atom is 0.0585 e. The summed E-state index contributed by atoms with van der Waals surface area (Å²) in [5.74, 6) is 0. The van der Waals surface area contributed by atoms with Crippen molar-refractivity contribution >= 4 is 39.1 Å². The van der Waals surface area contributed by atoms with Crippen molar-refractivity contribution in [3.63, 3.8) is 0 Å². The molecule has 3 N–H and O–H groups in total. The summed E-state index contributed by atoms with van der Waals surface area (Å²) >= 11 is 5.32. The van der Waals surface area contributed by atoms with E-state index in [1.54, 1.807) is 0 Å². The second-order valence-corrected chi connectivity index (χ2v) is 5.69. The van der Waals surface area contributed by atoms with Gasteiger partial charge >= 0.3 is 0 Å². The van der Waals surface area contributed by atoms with Crippen LogP contribution < -0.4 is 11.1 Å². The van der Waals surface area contributed by atoms with E-state index in [-0.39, 0.29) is 0 Å². The Morgan fingerprint density at radius 2 is 2.27 bits per heavy atom. The maximum atomic E-state index is 5.85. The van der Waals surface area contributed by atoms with Gasteiger partial charge in [-0.15, -0.1) is 0 Å². The monoisotopic (exact) mass is 288 g/mol. The molecule has 0 spiro atoms. The summed E-state index contributed by atoms with van der Waals surface area (Å²) in [6.45, 7) is 3.19. The molecular formula is C11H17BrN2S. The average Bonchev–Trinajstić information content (AvgIpc) is 2.23. The first-order chi connectivity index (χ1) is 7.13. The summed E-state index contributed by atoms with van der Waals surface area (Å²) in [5, 5.41) is 4.04. The normalized spacial score (nSPS) is 12.5. The molecule has 4 heteroatoms. The first kappa shape index (κ1) is 12.7. The van der Waals surface area contributed by atoms with E-state index in [9.17, 15) is 0 Å². The number of benzene rings is 1. The molecule has 0 radical (unpaired) electrons. The van der Waals surface area contributed by atoms with Crippen molar-refractivity contribution < 1.29 is 0 Å². The van der Waals surface area contributed by atoms with Gasteiger partial charge in [-0.3, -0.25) is 0 Å². The van der Waals surface area contributed by atoms with Crippen molar-refractivity contribution in [2.45, 2.75) is 18.6 Å². The van der Waals surface area contributed by atoms with Crippen LogP contribution in [0.25, 0.3) is 0 Å². The molecule has 2 nitrogen and oxygen atoms in total. The Hall–Kier alpha value is -0.350. The maximum absolute atomic E-state index is 5.85. The smallest absolute Gasteiger partial charge is 0.0585 e. The molecule has 1 aromatic carbocycles. The van der Waals surface area contributed by atoms with Crippen molar-refractivity contribution in [1.29, 1.82) is 0 Å². The lowest BCUT2D eigenvalue weighted by Gasteiger charge is -2.12. The number of nitrogen functional groups attached to an aromatic ring is 1. The van der Waals surface area contributed by atoms with Gasteiger partial charge < -0.3 is 11.1 Å². The van der Waals surface area contributed by atoms with E-state index in [1.165, 1.54) is 0 Å². The molecule has 0 fully saturated rings. The van der Waals surface area contributed by atoms with E-state index >= 15 is 0 Å². The Morgan fingerprint density at radius 3 is 2.93 bits per heavy atom. The Kier molecular flexibility index (Phi) is 5.32. The molecular weight excluding hydrogens is 272 g/mol. The number of rotatable bonds is 5. The second-order valence-electron chi connectivity index (χ2n) is 3.49. The minimum Gasteiger partial charge on any atom is -0.397 e. The molecule has 0 saturated carbocycles. The van der Waals surface area contributed by atoms with Gasteiger partial charge in [-0.05, 0) is 30.9 Å². The summed E-state index contributed by atoms with van der Waals surface area (Å²) in [7, 11) is 0. The molecule has 0 heterocycles. The molecule has 0 aliphatic rings. The molecule has 1 aromatic rings. The number of hydrogen-bond acceptors (Lipinski definition) is 3. The van der Waals surface area contributed by atoms with E-state index in [1.807, 2.05) is 30.0 Å². The summed E-state index contributed by atoms with van der Waals surface area (Å²) in [5.41, 5.74) is 7.66. The molecule has 0 aliphatic carbocycles. The zero-order chi connectivity index (χ0) is 11.3. The highest BCUT2D eigenvalue weighted by molar-refractivity contribution is 9.10. The topological polar surface area (TPSA) is 38.0 Å². The SMILES string of the molecule is CSC(C)CCNc1cc(Br)ccc1N. The zero-order valence-electron chi connectivity index (χ0n) is 9.09. The average molecular weight is 289 g/mol. The number of anilines is 2. The highest BCUT2D eigenvalue weighted by atomic mass is 79.9. The first-order valence-electron chi connectivity index (χ1n) is 4.95. The third-order valence-electron chi connectivity index (χ3n) is 2.28. The van der Waals surface area contributed by atoms with Gasteiger partial charge in [-0.25, -0.2) is 0 Å². The molecule has 1 unspecified atom stereocenters. The number of hydrogen-bond donors (Lipinski definition) is 2. The van der Waals surface area contributed by atoms with Crippen LogP contribution in [0.1, 0.15) is 13.3 Å². The highest BCUT2D eigenvalue weighted by Crippen LogP contribution is 2.23. The van der Waals surface area contributed by atoms with E-state index in [2.05, 4.69) is 34.4 Å². The Bertz CT molecular complexity index is 317. The molecule has 1 rings (SSSR count). The zero-order valence-corrected chi connectivity index (χ0v) is 11.5. The molecule has 0 aliphatic heterocycles. The van der Waals surface area contributed by atoms with E-state index < -0.39 is 0 Å². The highest BCUT2D eigenvalue weighted by Gasteiger charge is 2.01. The minimum absolute atomic E-state index is 0.686. The van der Waals surface area contributed by atoms with Gasteiger partial charge in [0.05, 0.1) is 11.4 Å². The van der Waals surface area contributed by atoms with Crippen LogP contribution in [0.5, 0.6) is 0 Å². The van der Waals surface area contributed by atoms with Crippen LogP contribution in [0.4, 0.5) is 11.4 Å². The van der Waals surface area contributed by atoms with Crippen molar-refractivity contribution in [3.05, 3.63) is 22.7 Å². The fraction of sp³-hybridized carbons (Fsp3) is 0.455. The van der Waals surface area contributed by atoms with Crippen LogP contribution in [0.2, 0.25) is 0 Å². The summed E-state index contributed by atoms with van der Waals surface area (Å²) in [4.78, 5) is 0. The standard InChI is InChI=1S/C11H17BrN2S/c1-8(15-2)5-6-14-11-7-9(12)3-4-10(11)13/h3-4,7-8,14H,5-6,13H2,1-2H3. The van der Waals surface area contributed by atoms with E-state index in [0.717, 1.165) is 28.8 Å². The lowest BCUT2D eigenvalue weighted by Crippen LogP contribution is -2.09. The Labute approximate surface area is 104 Å². The van der Waals surface area contributed by atoms with Crippen molar-refractivity contribution in [2.24, 2.45) is 0 Å². The molecule has 84 valence electrons. The lowest BCUT2D eigenvalue weighted by molar-refractivity contribution is 0.854. The Balaban J connectivity index is 2.46. The summed E-state index contributed by atoms with van der Waals surface area (Å²) < 4.78 is 1.05. The molecule has 1 atom stereocenters. The van der Waals surface area contributed by atoms with Crippen LogP contribution in [0.3, 0.4) is 0 Å². The number of halogens is 1. The third-order valence-corrected chi connectivity index (χ3v) is 3.82. The Morgan fingerprint density at radius 1 is 1.53 bits per heavy atom. The van der Waals surface area contributed by atoms with E-state index in [0.29, 0.717) is 5.25 Å². The van der Waals surface area contributed by atoms with Gasteiger partial charge in [0.25, 0.3) is 0 Å². The lowest BCUT2D eigenvalue weighted by atomic mass is 10.2. The predicted molar refractivity (Wildman–Crippen MR) is 74.6 cm³/mol. The van der Waals surface area contributed by atoms with Crippen LogP contribution in [-0.4, -0.2) is 18.1 Å². The van der Waals surface area contributed by atoms with Gasteiger partial charge in [0.2, 0.25) is 0 Å². The molecule has 0 aromatic heterocycles. The fourth-order valence-electron chi connectivity index (χ4n) is 1.21. The van der Waals surface area contributed by atoms with Gasteiger partial charge in [0, 0.05) is 16.3 Å². The third kappa shape index (κ3) is 4.34. The molecule has 15 heavy (non-hydrogen) atoms. The molecule has 0 bridgehead atoms.